The molecule has 1 saturated heterocycles. The van der Waals surface area contributed by atoms with E-state index in [4.69, 9.17) is 9.47 Å². The van der Waals surface area contributed by atoms with Crippen LogP contribution >= 0.6 is 0 Å². The molecule has 0 spiro atoms. The van der Waals surface area contributed by atoms with Crippen LogP contribution in [0.25, 0.3) is 0 Å². The number of nitrogens with zero attached hydrogens (tertiary/aromatic N) is 1. The van der Waals surface area contributed by atoms with Gasteiger partial charge in [-0.3, -0.25) is 0 Å². The number of likely N-dealkylation sites (tertiary alicyclic amines) is 1. The van der Waals surface area contributed by atoms with Crippen LogP contribution in [0.4, 0.5) is 4.79 Å². The molecule has 1 aliphatic rings. The number of carbonyl (C=O) groups excluding carboxylic acids is 1. The third-order valence-electron chi connectivity index (χ3n) is 4.57. The predicted molar refractivity (Wildman–Crippen MR) is 102 cm³/mol. The van der Waals surface area contributed by atoms with Crippen LogP contribution in [-0.4, -0.2) is 43.8 Å². The van der Waals surface area contributed by atoms with E-state index < -0.39 is 0 Å². The minimum atomic E-state index is -0.0266. The molecule has 0 radical (unpaired) electrons. The summed E-state index contributed by atoms with van der Waals surface area (Å²) in [6, 6.07) is 17.6. The summed E-state index contributed by atoms with van der Waals surface area (Å²) in [6.07, 6.45) is 2.72. The average molecular weight is 354 g/mol. The Balaban J connectivity index is 1.46. The molecule has 26 heavy (non-hydrogen) atoms. The highest BCUT2D eigenvalue weighted by molar-refractivity contribution is 5.74. The van der Waals surface area contributed by atoms with E-state index in [0.717, 1.165) is 42.9 Å². The van der Waals surface area contributed by atoms with Gasteiger partial charge in [-0.25, -0.2) is 4.79 Å². The molecule has 1 N–H and O–H groups in total. The summed E-state index contributed by atoms with van der Waals surface area (Å²) in [6.45, 7) is 1.98. The molecule has 1 fully saturated rings. The summed E-state index contributed by atoms with van der Waals surface area (Å²) in [5, 5.41) is 3.01. The molecule has 2 aromatic carbocycles. The molecule has 138 valence electrons. The van der Waals surface area contributed by atoms with Crippen molar-refractivity contribution in [1.29, 1.82) is 0 Å². The Morgan fingerprint density at radius 2 is 1.92 bits per heavy atom. The monoisotopic (exact) mass is 354 g/mol. The van der Waals surface area contributed by atoms with Gasteiger partial charge in [0.1, 0.15) is 17.6 Å². The lowest BCUT2D eigenvalue weighted by atomic mass is 10.1. The second kappa shape index (κ2) is 9.13. The van der Waals surface area contributed by atoms with Gasteiger partial charge in [0.25, 0.3) is 0 Å². The Morgan fingerprint density at radius 1 is 1.15 bits per heavy atom. The lowest BCUT2D eigenvalue weighted by molar-refractivity contribution is 0.101. The van der Waals surface area contributed by atoms with Gasteiger partial charge in [-0.05, 0) is 43.0 Å². The van der Waals surface area contributed by atoms with Crippen molar-refractivity contribution in [2.45, 2.75) is 25.4 Å². The lowest BCUT2D eigenvalue weighted by Gasteiger charge is -2.33. The summed E-state index contributed by atoms with van der Waals surface area (Å²) < 4.78 is 11.4. The van der Waals surface area contributed by atoms with Gasteiger partial charge in [0.2, 0.25) is 0 Å². The van der Waals surface area contributed by atoms with E-state index in [0.29, 0.717) is 13.1 Å². The van der Waals surface area contributed by atoms with E-state index >= 15 is 0 Å². The summed E-state index contributed by atoms with van der Waals surface area (Å²) in [5.74, 6) is 1.71. The molecule has 2 amide bonds. The number of urea groups is 1. The normalized spacial score (nSPS) is 16.8. The third kappa shape index (κ3) is 4.91. The highest BCUT2D eigenvalue weighted by atomic mass is 16.5. The average Bonchev–Trinajstić information content (AvgIpc) is 2.69. The van der Waals surface area contributed by atoms with Gasteiger partial charge in [-0.1, -0.05) is 36.4 Å². The number of hydrogen-bond donors (Lipinski definition) is 1. The lowest BCUT2D eigenvalue weighted by Crippen LogP contribution is -2.48. The van der Waals surface area contributed by atoms with Crippen LogP contribution in [0.15, 0.2) is 54.6 Å². The minimum Gasteiger partial charge on any atom is -0.496 e. The second-order valence-corrected chi connectivity index (χ2v) is 6.43. The van der Waals surface area contributed by atoms with Crippen molar-refractivity contribution < 1.29 is 14.3 Å². The second-order valence-electron chi connectivity index (χ2n) is 6.43. The number of hydrogen-bond acceptors (Lipinski definition) is 3. The Hall–Kier alpha value is -2.69. The largest absolute Gasteiger partial charge is 0.496 e. The molecule has 1 atom stereocenters. The maximum absolute atomic E-state index is 12.5. The summed E-state index contributed by atoms with van der Waals surface area (Å²) in [7, 11) is 1.66. The first-order valence-electron chi connectivity index (χ1n) is 9.12. The maximum atomic E-state index is 12.5. The number of carbonyl (C=O) groups is 1. The van der Waals surface area contributed by atoms with Crippen LogP contribution in [0.1, 0.15) is 18.4 Å². The number of nitrogens with one attached hydrogen (secondary N) is 1. The zero-order chi connectivity index (χ0) is 18.2. The van der Waals surface area contributed by atoms with Crippen molar-refractivity contribution in [3.8, 4) is 11.5 Å². The smallest absolute Gasteiger partial charge is 0.317 e. The van der Waals surface area contributed by atoms with Gasteiger partial charge >= 0.3 is 6.03 Å². The van der Waals surface area contributed by atoms with Crippen LogP contribution in [0.5, 0.6) is 11.5 Å². The first-order valence-corrected chi connectivity index (χ1v) is 9.12. The van der Waals surface area contributed by atoms with Crippen LogP contribution in [0.3, 0.4) is 0 Å². The highest BCUT2D eigenvalue weighted by Gasteiger charge is 2.24. The molecule has 2 aromatic rings. The number of rotatable bonds is 6. The number of ether oxygens (including phenoxy) is 2. The van der Waals surface area contributed by atoms with Gasteiger partial charge in [-0.2, -0.15) is 0 Å². The Bertz CT molecular complexity index is 705. The number of methoxy groups -OCH3 is 1. The van der Waals surface area contributed by atoms with Crippen molar-refractivity contribution in [2.24, 2.45) is 0 Å². The Morgan fingerprint density at radius 3 is 2.73 bits per heavy atom. The van der Waals surface area contributed by atoms with Gasteiger partial charge in [0.15, 0.2) is 0 Å². The molecule has 3 rings (SSSR count). The first kappa shape index (κ1) is 18.1. The Labute approximate surface area is 154 Å². The molecule has 5 heteroatoms. The fourth-order valence-electron chi connectivity index (χ4n) is 3.24. The third-order valence-corrected chi connectivity index (χ3v) is 4.57. The molecule has 1 unspecified atom stereocenters. The van der Waals surface area contributed by atoms with E-state index in [1.54, 1.807) is 7.11 Å². The van der Waals surface area contributed by atoms with E-state index in [1.807, 2.05) is 59.5 Å². The number of para-hydroxylation sites is 2. The van der Waals surface area contributed by atoms with Crippen molar-refractivity contribution in [1.82, 2.24) is 10.2 Å². The summed E-state index contributed by atoms with van der Waals surface area (Å²) >= 11 is 0. The number of amides is 2. The highest BCUT2D eigenvalue weighted by Crippen LogP contribution is 2.19. The first-order chi connectivity index (χ1) is 12.8. The molecule has 1 heterocycles. The van der Waals surface area contributed by atoms with E-state index in [1.165, 1.54) is 0 Å². The quantitative estimate of drug-likeness (QED) is 0.864. The van der Waals surface area contributed by atoms with Crippen LogP contribution in [0, 0.1) is 0 Å². The molecule has 5 nitrogen and oxygen atoms in total. The predicted octanol–water partition coefficient (Wildman–Crippen LogP) is 3.49. The topological polar surface area (TPSA) is 50.8 Å². The molecular weight excluding hydrogens is 328 g/mol. The number of benzene rings is 2. The Kier molecular flexibility index (Phi) is 6.36. The maximum Gasteiger partial charge on any atom is 0.317 e. The number of piperidine rings is 1. The molecular formula is C21H26N2O3. The molecule has 0 aromatic heterocycles. The van der Waals surface area contributed by atoms with Crippen molar-refractivity contribution >= 4 is 6.03 Å². The minimum absolute atomic E-state index is 0.0266. The fourth-order valence-corrected chi connectivity index (χ4v) is 3.24. The van der Waals surface area contributed by atoms with Crippen molar-refractivity contribution in [3.63, 3.8) is 0 Å². The standard InChI is InChI=1S/C21H26N2O3/c1-25-20-12-6-5-8-17(20)13-14-22-21(24)23-15-7-11-19(16-23)26-18-9-3-2-4-10-18/h2-6,8-10,12,19H,7,11,13-16H2,1H3,(H,22,24). The van der Waals surface area contributed by atoms with Crippen LogP contribution in [0.2, 0.25) is 0 Å². The van der Waals surface area contributed by atoms with Crippen LogP contribution < -0.4 is 14.8 Å². The molecule has 0 saturated carbocycles. The summed E-state index contributed by atoms with van der Waals surface area (Å²) in [5.41, 5.74) is 1.10. The van der Waals surface area contributed by atoms with Crippen LogP contribution in [-0.2, 0) is 6.42 Å². The zero-order valence-corrected chi connectivity index (χ0v) is 15.2. The fraction of sp³-hybridized carbons (Fsp3) is 0.381. The van der Waals surface area contributed by atoms with Gasteiger partial charge < -0.3 is 19.7 Å². The molecule has 0 bridgehead atoms. The zero-order valence-electron chi connectivity index (χ0n) is 15.2. The van der Waals surface area contributed by atoms with Crippen molar-refractivity contribution in [2.75, 3.05) is 26.7 Å². The van der Waals surface area contributed by atoms with Gasteiger partial charge in [0, 0.05) is 13.1 Å². The van der Waals surface area contributed by atoms with E-state index in [9.17, 15) is 4.79 Å². The molecule has 0 aliphatic carbocycles. The van der Waals surface area contributed by atoms with E-state index in [-0.39, 0.29) is 12.1 Å². The van der Waals surface area contributed by atoms with Crippen molar-refractivity contribution in [3.05, 3.63) is 60.2 Å². The van der Waals surface area contributed by atoms with Gasteiger partial charge in [0.05, 0.1) is 13.7 Å². The van der Waals surface area contributed by atoms with Gasteiger partial charge in [-0.15, -0.1) is 0 Å². The van der Waals surface area contributed by atoms with E-state index in [2.05, 4.69) is 5.32 Å². The SMILES string of the molecule is COc1ccccc1CCNC(=O)N1CCCC(Oc2ccccc2)C1. The summed E-state index contributed by atoms with van der Waals surface area (Å²) in [4.78, 5) is 14.3. The molecule has 1 aliphatic heterocycles.